The number of hydrogen-bond donors (Lipinski definition) is 4. The van der Waals surface area contributed by atoms with Crippen LogP contribution in [0.15, 0.2) is 4.99 Å². The molecule has 0 saturated heterocycles. The third kappa shape index (κ3) is 1.16. The van der Waals surface area contributed by atoms with Crippen molar-refractivity contribution in [3.05, 3.63) is 0 Å². The van der Waals surface area contributed by atoms with E-state index in [9.17, 15) is 0 Å². The molecule has 1 rings (SSSR count). The highest BCUT2D eigenvalue weighted by atomic mass is 16.3. The van der Waals surface area contributed by atoms with Gasteiger partial charge in [-0.15, -0.1) is 0 Å². The fourth-order valence-electron chi connectivity index (χ4n) is 0.417. The van der Waals surface area contributed by atoms with Crippen LogP contribution < -0.4 is 10.6 Å². The maximum atomic E-state index is 8.61. The van der Waals surface area contributed by atoms with Crippen LogP contribution in [0.2, 0.25) is 0 Å². The lowest BCUT2D eigenvalue weighted by atomic mass is 10.7. The molecule has 8 heavy (non-hydrogen) atoms. The van der Waals surface area contributed by atoms with E-state index in [1.54, 1.807) is 0 Å². The monoisotopic (exact) mass is 117 g/mol. The summed E-state index contributed by atoms with van der Waals surface area (Å²) < 4.78 is 0. The van der Waals surface area contributed by atoms with E-state index in [2.05, 4.69) is 15.6 Å². The van der Waals surface area contributed by atoms with E-state index in [1.807, 2.05) is 0 Å². The van der Waals surface area contributed by atoms with E-state index in [4.69, 9.17) is 10.2 Å². The van der Waals surface area contributed by atoms with Crippen LogP contribution in [0.3, 0.4) is 0 Å². The number of nitrogens with zero attached hydrogens (tertiary/aromatic N) is 1. The average molecular weight is 117 g/mol. The molecule has 0 aromatic rings. The van der Waals surface area contributed by atoms with Gasteiger partial charge in [0.2, 0.25) is 6.35 Å². The minimum absolute atomic E-state index is 0.887. The second kappa shape index (κ2) is 2.08. The van der Waals surface area contributed by atoms with Crippen molar-refractivity contribution in [1.29, 1.82) is 0 Å². The van der Waals surface area contributed by atoms with E-state index in [1.165, 1.54) is 6.34 Å². The highest BCUT2D eigenvalue weighted by Crippen LogP contribution is 1.82. The topological polar surface area (TPSA) is 76.9 Å². The second-order valence-electron chi connectivity index (χ2n) is 1.39. The lowest BCUT2D eigenvalue weighted by Gasteiger charge is -2.18. The van der Waals surface area contributed by atoms with Gasteiger partial charge in [0.1, 0.15) is 0 Å². The Hall–Kier alpha value is -0.650. The minimum atomic E-state index is -0.980. The smallest absolute Gasteiger partial charge is 0.206 e. The van der Waals surface area contributed by atoms with Crippen molar-refractivity contribution in [3.63, 3.8) is 0 Å². The van der Waals surface area contributed by atoms with E-state index < -0.39 is 12.7 Å². The molecule has 0 amide bonds. The van der Waals surface area contributed by atoms with Gasteiger partial charge in [-0.1, -0.05) is 0 Å². The minimum Gasteiger partial charge on any atom is -0.361 e. The summed E-state index contributed by atoms with van der Waals surface area (Å²) in [5.41, 5.74) is 0. The van der Waals surface area contributed by atoms with Crippen LogP contribution >= 0.6 is 0 Å². The van der Waals surface area contributed by atoms with Gasteiger partial charge in [-0.3, -0.25) is 0 Å². The lowest BCUT2D eigenvalue weighted by molar-refractivity contribution is 0.0306. The molecular formula is C3H7N3O2. The molecule has 1 aliphatic rings. The average Bonchev–Trinajstić information content (AvgIpc) is 1.64. The highest BCUT2D eigenvalue weighted by Gasteiger charge is 2.09. The van der Waals surface area contributed by atoms with Gasteiger partial charge in [-0.25, -0.2) is 10.3 Å². The third-order valence-corrected chi connectivity index (χ3v) is 0.755. The molecule has 0 aromatic heterocycles. The maximum absolute atomic E-state index is 8.61. The summed E-state index contributed by atoms with van der Waals surface area (Å²) >= 11 is 0. The Morgan fingerprint density at radius 1 is 1.50 bits per heavy atom. The first-order valence-electron chi connectivity index (χ1n) is 2.19. The van der Waals surface area contributed by atoms with Gasteiger partial charge in [0.25, 0.3) is 0 Å². The number of nitrogens with one attached hydrogen (secondary N) is 2. The zero-order valence-electron chi connectivity index (χ0n) is 4.07. The van der Waals surface area contributed by atoms with Crippen molar-refractivity contribution in [1.82, 2.24) is 10.6 Å². The van der Waals surface area contributed by atoms with Gasteiger partial charge in [0, 0.05) is 0 Å². The zero-order valence-corrected chi connectivity index (χ0v) is 4.07. The molecule has 0 aromatic carbocycles. The van der Waals surface area contributed by atoms with Crippen molar-refractivity contribution < 1.29 is 10.2 Å². The van der Waals surface area contributed by atoms with Gasteiger partial charge in [0.05, 0.1) is 6.34 Å². The van der Waals surface area contributed by atoms with Crippen LogP contribution in [0.4, 0.5) is 0 Å². The Bertz CT molecular complexity index is 105. The summed E-state index contributed by atoms with van der Waals surface area (Å²) in [5, 5.41) is 21.9. The van der Waals surface area contributed by atoms with Crippen LogP contribution in [-0.4, -0.2) is 29.3 Å². The van der Waals surface area contributed by atoms with Crippen molar-refractivity contribution >= 4 is 6.34 Å². The molecule has 2 atom stereocenters. The molecule has 5 heteroatoms. The summed E-state index contributed by atoms with van der Waals surface area (Å²) in [6, 6.07) is 0. The molecule has 2 unspecified atom stereocenters. The van der Waals surface area contributed by atoms with Gasteiger partial charge in [-0.05, 0) is 0 Å². The van der Waals surface area contributed by atoms with Crippen LogP contribution in [0, 0.1) is 0 Å². The quantitative estimate of drug-likeness (QED) is 0.289. The first-order valence-corrected chi connectivity index (χ1v) is 2.19. The molecule has 0 spiro atoms. The summed E-state index contributed by atoms with van der Waals surface area (Å²) in [4.78, 5) is 3.43. The van der Waals surface area contributed by atoms with Gasteiger partial charge >= 0.3 is 0 Å². The normalized spacial score (nSPS) is 36.8. The summed E-state index contributed by atoms with van der Waals surface area (Å²) in [7, 11) is 0. The molecule has 4 N–H and O–H groups in total. The fourth-order valence-corrected chi connectivity index (χ4v) is 0.417. The molecule has 1 aliphatic heterocycles. The standard InChI is InChI=1S/C3H7N3O2/c7-2-4-1-5-3(8)6-2/h1-3,6-8H,(H,4,5). The number of rotatable bonds is 0. The second-order valence-corrected chi connectivity index (χ2v) is 1.39. The molecule has 0 fully saturated rings. The van der Waals surface area contributed by atoms with Crippen LogP contribution in [0.25, 0.3) is 0 Å². The van der Waals surface area contributed by atoms with Gasteiger partial charge in [0.15, 0.2) is 6.35 Å². The SMILES string of the molecule is OC1N=CNC(O)N1. The van der Waals surface area contributed by atoms with E-state index >= 15 is 0 Å². The molecule has 1 heterocycles. The number of aliphatic hydroxyl groups is 2. The summed E-state index contributed by atoms with van der Waals surface area (Å²) in [5.74, 6) is 0. The number of hydrogen-bond acceptors (Lipinski definition) is 5. The van der Waals surface area contributed by atoms with Crippen molar-refractivity contribution in [2.24, 2.45) is 4.99 Å². The molecular weight excluding hydrogens is 110 g/mol. The van der Waals surface area contributed by atoms with Crippen molar-refractivity contribution in [2.45, 2.75) is 12.7 Å². The molecule has 5 nitrogen and oxygen atoms in total. The first-order chi connectivity index (χ1) is 3.79. The molecule has 0 radical (unpaired) electrons. The lowest BCUT2D eigenvalue weighted by Crippen LogP contribution is -2.50. The Balaban J connectivity index is 2.42. The highest BCUT2D eigenvalue weighted by molar-refractivity contribution is 5.55. The Morgan fingerprint density at radius 3 is 2.62 bits per heavy atom. The van der Waals surface area contributed by atoms with Gasteiger partial charge in [-0.2, -0.15) is 0 Å². The molecule has 0 aliphatic carbocycles. The largest absolute Gasteiger partial charge is 0.361 e. The predicted molar refractivity (Wildman–Crippen MR) is 26.8 cm³/mol. The van der Waals surface area contributed by atoms with E-state index in [0.29, 0.717) is 0 Å². The van der Waals surface area contributed by atoms with Crippen molar-refractivity contribution in [3.8, 4) is 0 Å². The number of aliphatic imine (C=N–C) groups is 1. The van der Waals surface area contributed by atoms with E-state index in [0.717, 1.165) is 0 Å². The summed E-state index contributed by atoms with van der Waals surface area (Å²) in [6.45, 7) is 0. The number of aliphatic hydroxyl groups excluding tert-OH is 2. The van der Waals surface area contributed by atoms with Crippen LogP contribution in [-0.2, 0) is 0 Å². The van der Waals surface area contributed by atoms with Crippen LogP contribution in [0.1, 0.15) is 0 Å². The fraction of sp³-hybridized carbons (Fsp3) is 0.667. The molecule has 0 bridgehead atoms. The van der Waals surface area contributed by atoms with Crippen LogP contribution in [0.5, 0.6) is 0 Å². The zero-order chi connectivity index (χ0) is 5.98. The summed E-state index contributed by atoms with van der Waals surface area (Å²) in [6.07, 6.45) is -0.625. The maximum Gasteiger partial charge on any atom is 0.206 e. The van der Waals surface area contributed by atoms with Crippen molar-refractivity contribution in [2.75, 3.05) is 0 Å². The Morgan fingerprint density at radius 2 is 2.25 bits per heavy atom. The Labute approximate surface area is 46.0 Å². The predicted octanol–water partition coefficient (Wildman–Crippen LogP) is -2.24. The van der Waals surface area contributed by atoms with Gasteiger partial charge < -0.3 is 15.5 Å². The van der Waals surface area contributed by atoms with E-state index in [-0.39, 0.29) is 0 Å². The Kier molecular flexibility index (Phi) is 1.43. The molecule has 46 valence electrons. The third-order valence-electron chi connectivity index (χ3n) is 0.755. The first kappa shape index (κ1) is 5.49. The molecule has 0 saturated carbocycles.